The van der Waals surface area contributed by atoms with Crippen LogP contribution in [-0.2, 0) is 10.0 Å². The van der Waals surface area contributed by atoms with Crippen LogP contribution in [0.15, 0.2) is 40.0 Å². The maximum Gasteiger partial charge on any atom is 0.265 e. The second-order valence-electron chi connectivity index (χ2n) is 3.48. The third-order valence-corrected chi connectivity index (χ3v) is 4.42. The first-order valence-electron chi connectivity index (χ1n) is 4.94. The Balaban J connectivity index is 2.43. The fourth-order valence-corrected chi connectivity index (χ4v) is 3.29. The smallest absolute Gasteiger partial charge is 0.265 e. The highest BCUT2D eigenvalue weighted by molar-refractivity contribution is 9.10. The van der Waals surface area contributed by atoms with Gasteiger partial charge in [0.05, 0.1) is 5.69 Å². The van der Waals surface area contributed by atoms with Gasteiger partial charge < -0.3 is 5.73 Å². The average Bonchev–Trinajstić information content (AvgIpc) is 2.34. The molecule has 0 fully saturated rings. The molecule has 3 N–H and O–H groups in total. The van der Waals surface area contributed by atoms with Crippen molar-refractivity contribution in [2.75, 3.05) is 10.5 Å². The zero-order chi connectivity index (χ0) is 14.0. The molecule has 0 atom stereocenters. The molecule has 2 aromatic rings. The van der Waals surface area contributed by atoms with Gasteiger partial charge in [-0.05, 0) is 34.1 Å². The lowest BCUT2D eigenvalue weighted by Gasteiger charge is -2.09. The first-order valence-corrected chi connectivity index (χ1v) is 7.22. The van der Waals surface area contributed by atoms with Crippen molar-refractivity contribution in [3.05, 3.63) is 40.9 Å². The molecule has 6 nitrogen and oxygen atoms in total. The third kappa shape index (κ3) is 2.99. The molecule has 1 heterocycles. The van der Waals surface area contributed by atoms with Crippen LogP contribution in [0, 0.1) is 5.82 Å². The standard InChI is InChI=1S/C10H8BrFN4O2S/c11-6-4-7(12)8(13)5-9(6)19(17,18)16-10-14-2-1-3-15-10/h1-5H,13H2,(H,14,15,16). The van der Waals surface area contributed by atoms with Gasteiger partial charge in [-0.25, -0.2) is 27.5 Å². The minimum Gasteiger partial charge on any atom is -0.396 e. The number of nitrogens with one attached hydrogen (secondary N) is 1. The van der Waals surface area contributed by atoms with Crippen LogP contribution in [0.2, 0.25) is 0 Å². The van der Waals surface area contributed by atoms with E-state index in [0.29, 0.717) is 0 Å². The van der Waals surface area contributed by atoms with Crippen LogP contribution < -0.4 is 10.5 Å². The van der Waals surface area contributed by atoms with Gasteiger partial charge in [0, 0.05) is 16.9 Å². The number of hydrogen-bond donors (Lipinski definition) is 2. The number of nitrogens with zero attached hydrogens (tertiary/aromatic N) is 2. The number of aromatic nitrogens is 2. The molecule has 1 aromatic heterocycles. The molecular formula is C10H8BrFN4O2S. The summed E-state index contributed by atoms with van der Waals surface area (Å²) >= 11 is 2.97. The number of halogens is 2. The Bertz CT molecular complexity index is 709. The minimum atomic E-state index is -3.95. The topological polar surface area (TPSA) is 98.0 Å². The van der Waals surface area contributed by atoms with Crippen LogP contribution in [-0.4, -0.2) is 18.4 Å². The van der Waals surface area contributed by atoms with Crippen LogP contribution in [0.5, 0.6) is 0 Å². The summed E-state index contributed by atoms with van der Waals surface area (Å²) in [5.74, 6) is -0.793. The summed E-state index contributed by atoms with van der Waals surface area (Å²) in [5.41, 5.74) is 5.09. The molecule has 19 heavy (non-hydrogen) atoms. The SMILES string of the molecule is Nc1cc(S(=O)(=O)Nc2ncccn2)c(Br)cc1F. The van der Waals surface area contributed by atoms with Crippen LogP contribution in [0.25, 0.3) is 0 Å². The summed E-state index contributed by atoms with van der Waals surface area (Å²) in [4.78, 5) is 7.28. The molecule has 0 saturated heterocycles. The van der Waals surface area contributed by atoms with Crippen molar-refractivity contribution in [1.29, 1.82) is 0 Å². The molecule has 0 saturated carbocycles. The van der Waals surface area contributed by atoms with Crippen molar-refractivity contribution in [3.8, 4) is 0 Å². The van der Waals surface area contributed by atoms with Gasteiger partial charge >= 0.3 is 0 Å². The van der Waals surface area contributed by atoms with E-state index in [4.69, 9.17) is 5.73 Å². The summed E-state index contributed by atoms with van der Waals surface area (Å²) in [6.45, 7) is 0. The highest BCUT2D eigenvalue weighted by Crippen LogP contribution is 2.27. The molecule has 0 aliphatic carbocycles. The van der Waals surface area contributed by atoms with Crippen molar-refractivity contribution >= 4 is 37.6 Å². The zero-order valence-electron chi connectivity index (χ0n) is 9.34. The van der Waals surface area contributed by atoms with E-state index in [-0.39, 0.29) is 21.0 Å². The first kappa shape index (κ1) is 13.7. The zero-order valence-corrected chi connectivity index (χ0v) is 11.7. The molecule has 0 spiro atoms. The Morgan fingerprint density at radius 2 is 1.89 bits per heavy atom. The second kappa shape index (κ2) is 5.10. The third-order valence-electron chi connectivity index (χ3n) is 2.13. The average molecular weight is 347 g/mol. The number of rotatable bonds is 3. The van der Waals surface area contributed by atoms with Crippen molar-refractivity contribution in [1.82, 2.24) is 9.97 Å². The molecule has 0 aliphatic rings. The van der Waals surface area contributed by atoms with Gasteiger partial charge in [-0.15, -0.1) is 0 Å². The predicted octanol–water partition coefficient (Wildman–Crippen LogP) is 1.76. The van der Waals surface area contributed by atoms with E-state index in [1.165, 1.54) is 12.4 Å². The predicted molar refractivity (Wildman–Crippen MR) is 71.4 cm³/mol. The fourth-order valence-electron chi connectivity index (χ4n) is 1.28. The molecule has 100 valence electrons. The van der Waals surface area contributed by atoms with E-state index in [1.54, 1.807) is 6.07 Å². The van der Waals surface area contributed by atoms with Crippen LogP contribution in [0.1, 0.15) is 0 Å². The van der Waals surface area contributed by atoms with Crippen molar-refractivity contribution in [3.63, 3.8) is 0 Å². The maximum absolute atomic E-state index is 13.2. The van der Waals surface area contributed by atoms with E-state index >= 15 is 0 Å². The Hall–Kier alpha value is -1.74. The number of nitrogens with two attached hydrogens (primary N) is 1. The highest BCUT2D eigenvalue weighted by atomic mass is 79.9. The number of nitrogen functional groups attached to an aromatic ring is 1. The fraction of sp³-hybridized carbons (Fsp3) is 0. The van der Waals surface area contributed by atoms with Crippen LogP contribution in [0.4, 0.5) is 16.0 Å². The number of benzene rings is 1. The van der Waals surface area contributed by atoms with Crippen molar-refractivity contribution < 1.29 is 12.8 Å². The second-order valence-corrected chi connectivity index (χ2v) is 5.99. The summed E-state index contributed by atoms with van der Waals surface area (Å²) < 4.78 is 39.6. The van der Waals surface area contributed by atoms with E-state index in [9.17, 15) is 12.8 Å². The largest absolute Gasteiger partial charge is 0.396 e. The van der Waals surface area contributed by atoms with Gasteiger partial charge in [-0.1, -0.05) is 0 Å². The van der Waals surface area contributed by atoms with E-state index in [0.717, 1.165) is 12.1 Å². The first-order chi connectivity index (χ1) is 8.90. The summed E-state index contributed by atoms with van der Waals surface area (Å²) in [7, 11) is -3.95. The van der Waals surface area contributed by atoms with Crippen LogP contribution in [0.3, 0.4) is 0 Å². The van der Waals surface area contributed by atoms with Gasteiger partial charge in [0.25, 0.3) is 10.0 Å². The lowest BCUT2D eigenvalue weighted by molar-refractivity contribution is 0.599. The van der Waals surface area contributed by atoms with Crippen molar-refractivity contribution in [2.24, 2.45) is 0 Å². The number of hydrogen-bond acceptors (Lipinski definition) is 5. The van der Waals surface area contributed by atoms with E-state index in [2.05, 4.69) is 30.6 Å². The molecule has 2 rings (SSSR count). The summed E-state index contributed by atoms with van der Waals surface area (Å²) in [5, 5.41) is 0. The molecule has 0 bridgehead atoms. The molecule has 9 heteroatoms. The monoisotopic (exact) mass is 346 g/mol. The van der Waals surface area contributed by atoms with Gasteiger partial charge in [-0.2, -0.15) is 0 Å². The molecule has 0 unspecified atom stereocenters. The lowest BCUT2D eigenvalue weighted by Crippen LogP contribution is -2.16. The molecule has 0 amide bonds. The number of anilines is 2. The van der Waals surface area contributed by atoms with Crippen molar-refractivity contribution in [2.45, 2.75) is 4.90 Å². The maximum atomic E-state index is 13.2. The Labute approximate surface area is 117 Å². The van der Waals surface area contributed by atoms with Gasteiger partial charge in [0.2, 0.25) is 5.95 Å². The van der Waals surface area contributed by atoms with Gasteiger partial charge in [0.1, 0.15) is 10.7 Å². The molecule has 0 aliphatic heterocycles. The minimum absolute atomic E-state index is 0.0580. The van der Waals surface area contributed by atoms with E-state index < -0.39 is 15.8 Å². The molecule has 1 aromatic carbocycles. The highest BCUT2D eigenvalue weighted by Gasteiger charge is 2.20. The molecular weight excluding hydrogens is 339 g/mol. The Morgan fingerprint density at radius 1 is 1.26 bits per heavy atom. The number of sulfonamides is 1. The van der Waals surface area contributed by atoms with E-state index in [1.807, 2.05) is 0 Å². The Morgan fingerprint density at radius 3 is 2.53 bits per heavy atom. The van der Waals surface area contributed by atoms with Gasteiger partial charge in [-0.3, -0.25) is 0 Å². The Kier molecular flexibility index (Phi) is 3.67. The van der Waals surface area contributed by atoms with Gasteiger partial charge in [0.15, 0.2) is 0 Å². The summed E-state index contributed by atoms with van der Waals surface area (Å²) in [6, 6.07) is 3.55. The van der Waals surface area contributed by atoms with Crippen LogP contribution >= 0.6 is 15.9 Å². The summed E-state index contributed by atoms with van der Waals surface area (Å²) in [6.07, 6.45) is 2.78. The lowest BCUT2D eigenvalue weighted by atomic mass is 10.3. The quantitative estimate of drug-likeness (QED) is 0.825. The normalized spacial score (nSPS) is 11.3. The molecule has 0 radical (unpaired) electrons.